The Balaban J connectivity index is 2.46. The lowest BCUT2D eigenvalue weighted by Crippen LogP contribution is -2.13. The molecule has 0 saturated heterocycles. The second-order valence-corrected chi connectivity index (χ2v) is 3.88. The van der Waals surface area contributed by atoms with E-state index in [1.54, 1.807) is 0 Å². The van der Waals surface area contributed by atoms with E-state index in [-0.39, 0.29) is 0 Å². The standard InChI is InChI=1S/C8H12IN3/c1-7(3-10-2)5-12-6-8(9)4-11-12/h4,6,10H,1,3,5H2,2H3. The number of hydrogen-bond donors (Lipinski definition) is 1. The number of rotatable bonds is 4. The van der Waals surface area contributed by atoms with Crippen LogP contribution in [0.5, 0.6) is 0 Å². The van der Waals surface area contributed by atoms with Crippen LogP contribution in [0.4, 0.5) is 0 Å². The van der Waals surface area contributed by atoms with Crippen molar-refractivity contribution in [2.75, 3.05) is 13.6 Å². The lowest BCUT2D eigenvalue weighted by atomic mass is 10.3. The minimum Gasteiger partial charge on any atom is -0.316 e. The topological polar surface area (TPSA) is 29.9 Å². The van der Waals surface area contributed by atoms with Crippen LogP contribution in [-0.4, -0.2) is 23.4 Å². The summed E-state index contributed by atoms with van der Waals surface area (Å²) in [6.45, 7) is 5.56. The van der Waals surface area contributed by atoms with Crippen molar-refractivity contribution in [2.45, 2.75) is 6.54 Å². The molecule has 0 amide bonds. The SMILES string of the molecule is C=C(CNC)Cn1cc(I)cn1. The van der Waals surface area contributed by atoms with Gasteiger partial charge >= 0.3 is 0 Å². The van der Waals surface area contributed by atoms with Crippen molar-refractivity contribution in [1.82, 2.24) is 15.1 Å². The summed E-state index contributed by atoms with van der Waals surface area (Å²) in [5.41, 5.74) is 1.14. The van der Waals surface area contributed by atoms with E-state index in [2.05, 4.69) is 39.6 Å². The summed E-state index contributed by atoms with van der Waals surface area (Å²) in [7, 11) is 1.91. The summed E-state index contributed by atoms with van der Waals surface area (Å²) in [4.78, 5) is 0. The van der Waals surface area contributed by atoms with Crippen LogP contribution in [0.3, 0.4) is 0 Å². The van der Waals surface area contributed by atoms with Crippen LogP contribution in [0.1, 0.15) is 0 Å². The van der Waals surface area contributed by atoms with Crippen molar-refractivity contribution in [1.29, 1.82) is 0 Å². The van der Waals surface area contributed by atoms with E-state index >= 15 is 0 Å². The van der Waals surface area contributed by atoms with Crippen molar-refractivity contribution in [3.63, 3.8) is 0 Å². The maximum atomic E-state index is 4.16. The molecule has 0 bridgehead atoms. The molecule has 1 heterocycles. The third-order valence-corrected chi connectivity index (χ3v) is 1.97. The molecular weight excluding hydrogens is 265 g/mol. The summed E-state index contributed by atoms with van der Waals surface area (Å²) in [5, 5.41) is 7.21. The summed E-state index contributed by atoms with van der Waals surface area (Å²) in [6, 6.07) is 0. The average Bonchev–Trinajstić information content (AvgIpc) is 2.36. The molecule has 0 saturated carbocycles. The van der Waals surface area contributed by atoms with Crippen LogP contribution in [0.2, 0.25) is 0 Å². The second kappa shape index (κ2) is 4.61. The number of nitrogens with zero attached hydrogens (tertiary/aromatic N) is 2. The van der Waals surface area contributed by atoms with E-state index in [0.717, 1.165) is 22.2 Å². The third-order valence-electron chi connectivity index (χ3n) is 1.41. The molecule has 0 fully saturated rings. The molecule has 0 unspecified atom stereocenters. The predicted octanol–water partition coefficient (Wildman–Crippen LogP) is 1.26. The first-order chi connectivity index (χ1) is 5.72. The first-order valence-electron chi connectivity index (χ1n) is 3.71. The number of likely N-dealkylation sites (N-methyl/N-ethyl adjacent to an activating group) is 1. The fraction of sp³-hybridized carbons (Fsp3) is 0.375. The molecule has 0 atom stereocenters. The normalized spacial score (nSPS) is 10.2. The van der Waals surface area contributed by atoms with Gasteiger partial charge in [-0.2, -0.15) is 5.10 Å². The summed E-state index contributed by atoms with van der Waals surface area (Å²) in [6.07, 6.45) is 3.84. The maximum Gasteiger partial charge on any atom is 0.0629 e. The molecule has 4 heteroatoms. The van der Waals surface area contributed by atoms with Crippen molar-refractivity contribution in [2.24, 2.45) is 0 Å². The van der Waals surface area contributed by atoms with E-state index in [1.807, 2.05) is 24.1 Å². The number of nitrogens with one attached hydrogen (secondary N) is 1. The fourth-order valence-corrected chi connectivity index (χ4v) is 1.41. The highest BCUT2D eigenvalue weighted by molar-refractivity contribution is 14.1. The van der Waals surface area contributed by atoms with E-state index in [9.17, 15) is 0 Å². The van der Waals surface area contributed by atoms with Gasteiger partial charge in [0.15, 0.2) is 0 Å². The average molecular weight is 277 g/mol. The zero-order chi connectivity index (χ0) is 8.97. The maximum absolute atomic E-state index is 4.16. The first kappa shape index (κ1) is 9.73. The Morgan fingerprint density at radius 1 is 1.83 bits per heavy atom. The smallest absolute Gasteiger partial charge is 0.0629 e. The van der Waals surface area contributed by atoms with E-state index in [4.69, 9.17) is 0 Å². The lowest BCUT2D eigenvalue weighted by Gasteiger charge is -2.03. The van der Waals surface area contributed by atoms with Gasteiger partial charge in [0.2, 0.25) is 0 Å². The van der Waals surface area contributed by atoms with Crippen LogP contribution in [0, 0.1) is 3.57 Å². The van der Waals surface area contributed by atoms with Crippen LogP contribution in [0.15, 0.2) is 24.5 Å². The zero-order valence-corrected chi connectivity index (χ0v) is 9.21. The molecule has 0 aliphatic heterocycles. The highest BCUT2D eigenvalue weighted by Crippen LogP contribution is 2.02. The second-order valence-electron chi connectivity index (χ2n) is 2.64. The molecule has 0 radical (unpaired) electrons. The Kier molecular flexibility index (Phi) is 3.74. The van der Waals surface area contributed by atoms with Gasteiger partial charge in [0, 0.05) is 12.7 Å². The monoisotopic (exact) mass is 277 g/mol. The summed E-state index contributed by atoms with van der Waals surface area (Å²) in [5.74, 6) is 0. The molecule has 1 N–H and O–H groups in total. The highest BCUT2D eigenvalue weighted by atomic mass is 127. The van der Waals surface area contributed by atoms with Gasteiger partial charge < -0.3 is 5.32 Å². The molecule has 12 heavy (non-hydrogen) atoms. The Morgan fingerprint density at radius 3 is 3.08 bits per heavy atom. The molecule has 0 aromatic carbocycles. The molecule has 66 valence electrons. The van der Waals surface area contributed by atoms with Crippen molar-refractivity contribution < 1.29 is 0 Å². The lowest BCUT2D eigenvalue weighted by molar-refractivity contribution is 0.656. The van der Waals surface area contributed by atoms with E-state index in [0.29, 0.717) is 0 Å². The van der Waals surface area contributed by atoms with Gasteiger partial charge in [-0.15, -0.1) is 0 Å². The third kappa shape index (κ3) is 2.94. The van der Waals surface area contributed by atoms with Crippen LogP contribution in [0.25, 0.3) is 0 Å². The summed E-state index contributed by atoms with van der Waals surface area (Å²) >= 11 is 2.24. The Hall–Kier alpha value is -0.360. The van der Waals surface area contributed by atoms with Crippen molar-refractivity contribution >= 4 is 22.6 Å². The van der Waals surface area contributed by atoms with Crippen LogP contribution in [-0.2, 0) is 6.54 Å². The molecule has 0 aliphatic rings. The molecule has 0 spiro atoms. The quantitative estimate of drug-likeness (QED) is 0.663. The van der Waals surface area contributed by atoms with Crippen LogP contribution >= 0.6 is 22.6 Å². The van der Waals surface area contributed by atoms with E-state index in [1.165, 1.54) is 0 Å². The van der Waals surface area contributed by atoms with Gasteiger partial charge in [-0.25, -0.2) is 0 Å². The molecule has 3 nitrogen and oxygen atoms in total. The minimum atomic E-state index is 0.795. The molecular formula is C8H12IN3. The van der Waals surface area contributed by atoms with E-state index < -0.39 is 0 Å². The largest absolute Gasteiger partial charge is 0.316 e. The van der Waals surface area contributed by atoms with Crippen molar-refractivity contribution in [3.8, 4) is 0 Å². The van der Waals surface area contributed by atoms with Gasteiger partial charge in [-0.05, 0) is 35.2 Å². The van der Waals surface area contributed by atoms with Gasteiger partial charge in [-0.1, -0.05) is 6.58 Å². The fourth-order valence-electron chi connectivity index (χ4n) is 0.960. The molecule has 1 aromatic rings. The van der Waals surface area contributed by atoms with Gasteiger partial charge in [0.05, 0.1) is 16.3 Å². The number of aromatic nitrogens is 2. The Bertz CT molecular complexity index is 267. The first-order valence-corrected chi connectivity index (χ1v) is 4.79. The predicted molar refractivity (Wildman–Crippen MR) is 58.0 cm³/mol. The summed E-state index contributed by atoms with van der Waals surface area (Å²) < 4.78 is 3.05. The van der Waals surface area contributed by atoms with Gasteiger partial charge in [0.25, 0.3) is 0 Å². The van der Waals surface area contributed by atoms with Crippen LogP contribution < -0.4 is 5.32 Å². The van der Waals surface area contributed by atoms with Gasteiger partial charge in [-0.3, -0.25) is 4.68 Å². The Morgan fingerprint density at radius 2 is 2.58 bits per heavy atom. The highest BCUT2D eigenvalue weighted by Gasteiger charge is 1.96. The minimum absolute atomic E-state index is 0.795. The Labute approximate surface area is 86.0 Å². The number of halogens is 1. The number of hydrogen-bond acceptors (Lipinski definition) is 2. The zero-order valence-electron chi connectivity index (χ0n) is 7.05. The van der Waals surface area contributed by atoms with Crippen molar-refractivity contribution in [3.05, 3.63) is 28.1 Å². The molecule has 1 aromatic heterocycles. The molecule has 1 rings (SSSR count). The van der Waals surface area contributed by atoms with Gasteiger partial charge in [0.1, 0.15) is 0 Å². The molecule has 0 aliphatic carbocycles.